The number of anilines is 2. The van der Waals surface area contributed by atoms with Gasteiger partial charge in [0.1, 0.15) is 10.7 Å². The smallest absolute Gasteiger partial charge is 0.433 e. The largest absolute Gasteiger partial charge is 0.497 e. The van der Waals surface area contributed by atoms with Gasteiger partial charge in [0, 0.05) is 12.1 Å². The van der Waals surface area contributed by atoms with E-state index in [2.05, 4.69) is 10.1 Å². The van der Waals surface area contributed by atoms with E-state index in [1.54, 1.807) is 55.5 Å². The van der Waals surface area contributed by atoms with Crippen LogP contribution in [0.1, 0.15) is 23.0 Å². The number of thiazole rings is 1. The monoisotopic (exact) mass is 605 g/mol. The Morgan fingerprint density at radius 1 is 1.10 bits per heavy atom. The van der Waals surface area contributed by atoms with E-state index in [9.17, 15) is 23.3 Å². The Hall–Kier alpha value is -5.08. The first-order valence-electron chi connectivity index (χ1n) is 12.5. The number of ether oxygens (including phenoxy) is 1. The summed E-state index contributed by atoms with van der Waals surface area (Å²) in [4.78, 5) is 28.5. The molecule has 0 atom stereocenters. The van der Waals surface area contributed by atoms with Gasteiger partial charge >= 0.3 is 5.88 Å². The van der Waals surface area contributed by atoms with E-state index in [0.717, 1.165) is 15.9 Å². The first-order chi connectivity index (χ1) is 20.2. The van der Waals surface area contributed by atoms with Crippen LogP contribution in [0.2, 0.25) is 0 Å². The summed E-state index contributed by atoms with van der Waals surface area (Å²) in [7, 11) is -2.37. The van der Waals surface area contributed by atoms with Crippen LogP contribution in [0.15, 0.2) is 99.3 Å². The molecule has 0 radical (unpaired) electrons. The minimum Gasteiger partial charge on any atom is -0.497 e. The fourth-order valence-electron chi connectivity index (χ4n) is 4.03. The molecule has 1 amide bonds. The summed E-state index contributed by atoms with van der Waals surface area (Å²) in [5.41, 5.74) is 1.25. The predicted molar refractivity (Wildman–Crippen MR) is 159 cm³/mol. The van der Waals surface area contributed by atoms with Crippen LogP contribution in [-0.4, -0.2) is 44.1 Å². The summed E-state index contributed by atoms with van der Waals surface area (Å²) in [6.07, 6.45) is 1.16. The van der Waals surface area contributed by atoms with Crippen LogP contribution < -0.4 is 14.1 Å². The molecule has 14 heteroatoms. The Morgan fingerprint density at radius 3 is 2.48 bits per heavy atom. The zero-order chi connectivity index (χ0) is 29.9. The molecule has 0 N–H and O–H groups in total. The number of carbonyl (C=O) groups is 1. The van der Waals surface area contributed by atoms with E-state index in [4.69, 9.17) is 9.15 Å². The van der Waals surface area contributed by atoms with Gasteiger partial charge in [-0.15, -0.1) is 0 Å². The topological polar surface area (TPSA) is 148 Å². The summed E-state index contributed by atoms with van der Waals surface area (Å²) >= 11 is 1.17. The van der Waals surface area contributed by atoms with Crippen LogP contribution >= 0.6 is 11.3 Å². The number of hydrogen-bond donors (Lipinski definition) is 0. The highest BCUT2D eigenvalue weighted by atomic mass is 32.2. The van der Waals surface area contributed by atoms with E-state index in [-0.39, 0.29) is 27.9 Å². The average molecular weight is 606 g/mol. The Balaban J connectivity index is 1.49. The molecule has 0 aliphatic rings. The van der Waals surface area contributed by atoms with Crippen molar-refractivity contribution in [2.45, 2.75) is 11.8 Å². The molecule has 0 spiro atoms. The third-order valence-electron chi connectivity index (χ3n) is 6.07. The number of rotatable bonds is 10. The van der Waals surface area contributed by atoms with Crippen molar-refractivity contribution < 1.29 is 27.3 Å². The van der Waals surface area contributed by atoms with Crippen molar-refractivity contribution in [2.75, 3.05) is 23.0 Å². The number of fused-ring (bicyclic) bond motifs is 1. The highest BCUT2D eigenvalue weighted by Crippen LogP contribution is 2.33. The number of carbonyl (C=O) groups excluding carboxylic acids is 1. The second kappa shape index (κ2) is 11.8. The lowest BCUT2D eigenvalue weighted by molar-refractivity contribution is -0.402. The number of hydrogen-bond acceptors (Lipinski definition) is 10. The standard InChI is InChI=1S/C28H23N5O7S2/c1-3-31(20-7-5-4-6-8-20)42(37,38)23-13-9-19(10-14-23)27(34)32(29-18-22-12-16-26(40-22)33(35)36)28-30-24-15-11-21(39-2)17-25(24)41-28/h4-18H,3H2,1-2H3/b29-18+. The van der Waals surface area contributed by atoms with Gasteiger partial charge in [0.25, 0.3) is 15.9 Å². The number of methoxy groups -OCH3 is 1. The molecule has 0 unspecified atom stereocenters. The summed E-state index contributed by atoms with van der Waals surface area (Å²) in [6.45, 7) is 1.95. The third-order valence-corrected chi connectivity index (χ3v) is 8.98. The lowest BCUT2D eigenvalue weighted by atomic mass is 10.2. The number of nitrogens with zero attached hydrogens (tertiary/aromatic N) is 5. The summed E-state index contributed by atoms with van der Waals surface area (Å²) in [5, 5.41) is 16.5. The molecule has 0 bridgehead atoms. The zero-order valence-electron chi connectivity index (χ0n) is 22.3. The lowest BCUT2D eigenvalue weighted by Gasteiger charge is -2.23. The molecule has 5 aromatic rings. The molecule has 0 saturated heterocycles. The molecular formula is C28H23N5O7S2. The van der Waals surface area contributed by atoms with E-state index in [1.807, 2.05) is 0 Å². The van der Waals surface area contributed by atoms with Crippen LogP contribution in [0.25, 0.3) is 10.2 Å². The normalized spacial score (nSPS) is 11.6. The van der Waals surface area contributed by atoms with Gasteiger partial charge in [-0.2, -0.15) is 10.1 Å². The van der Waals surface area contributed by atoms with E-state index in [1.165, 1.54) is 59.2 Å². The molecule has 0 aliphatic heterocycles. The lowest BCUT2D eigenvalue weighted by Crippen LogP contribution is -2.31. The Bertz CT molecular complexity index is 1880. The molecule has 0 fully saturated rings. The van der Waals surface area contributed by atoms with E-state index >= 15 is 0 Å². The summed E-state index contributed by atoms with van der Waals surface area (Å²) in [5.74, 6) is -0.438. The number of furan rings is 1. The van der Waals surface area contributed by atoms with Crippen LogP contribution in [-0.2, 0) is 10.0 Å². The number of sulfonamides is 1. The van der Waals surface area contributed by atoms with Gasteiger partial charge in [-0.05, 0) is 67.6 Å². The van der Waals surface area contributed by atoms with Gasteiger partial charge in [0.15, 0.2) is 5.76 Å². The summed E-state index contributed by atoms with van der Waals surface area (Å²) in [6, 6.07) is 22.0. The molecule has 0 saturated carbocycles. The van der Waals surface area contributed by atoms with Gasteiger partial charge in [0.2, 0.25) is 5.13 Å². The number of amides is 1. The van der Waals surface area contributed by atoms with Crippen molar-refractivity contribution in [1.29, 1.82) is 0 Å². The minimum atomic E-state index is -3.90. The van der Waals surface area contributed by atoms with Crippen molar-refractivity contribution in [3.63, 3.8) is 0 Å². The third kappa shape index (κ3) is 5.70. The van der Waals surface area contributed by atoms with Gasteiger partial charge in [0.05, 0.1) is 40.2 Å². The molecule has 0 aliphatic carbocycles. The predicted octanol–water partition coefficient (Wildman–Crippen LogP) is 5.70. The second-order valence-corrected chi connectivity index (χ2v) is 11.5. The number of nitro groups is 1. The van der Waals surface area contributed by atoms with Crippen LogP contribution in [0.3, 0.4) is 0 Å². The number of hydrazone groups is 1. The van der Waals surface area contributed by atoms with E-state index < -0.39 is 26.7 Å². The van der Waals surface area contributed by atoms with Crippen molar-refractivity contribution in [3.05, 3.63) is 106 Å². The molecule has 3 aromatic carbocycles. The first kappa shape index (κ1) is 28.4. The van der Waals surface area contributed by atoms with Crippen LogP contribution in [0, 0.1) is 10.1 Å². The molecule has 2 aromatic heterocycles. The highest BCUT2D eigenvalue weighted by Gasteiger charge is 2.26. The molecule has 5 rings (SSSR count). The highest BCUT2D eigenvalue weighted by molar-refractivity contribution is 7.92. The SMILES string of the molecule is CCN(c1ccccc1)S(=O)(=O)c1ccc(C(=O)N(/N=C/c2ccc([N+](=O)[O-])o2)c2nc3ccc(OC)cc3s2)cc1. The van der Waals surface area contributed by atoms with E-state index in [0.29, 0.717) is 17.0 Å². The van der Waals surface area contributed by atoms with Crippen molar-refractivity contribution in [2.24, 2.45) is 5.10 Å². The van der Waals surface area contributed by atoms with Crippen molar-refractivity contribution in [1.82, 2.24) is 4.98 Å². The maximum absolute atomic E-state index is 13.7. The second-order valence-electron chi connectivity index (χ2n) is 8.65. The van der Waals surface area contributed by atoms with Gasteiger partial charge < -0.3 is 9.15 Å². The number of para-hydroxylation sites is 1. The maximum atomic E-state index is 13.7. The Morgan fingerprint density at radius 2 is 1.83 bits per heavy atom. The Kier molecular flexibility index (Phi) is 7.99. The molecular weight excluding hydrogens is 582 g/mol. The van der Waals surface area contributed by atoms with Gasteiger partial charge in [-0.1, -0.05) is 29.5 Å². The number of aromatic nitrogens is 1. The minimum absolute atomic E-state index is 0.00906. The van der Waals surface area contributed by atoms with Crippen LogP contribution in [0.5, 0.6) is 5.75 Å². The van der Waals surface area contributed by atoms with Gasteiger partial charge in [-0.3, -0.25) is 19.2 Å². The maximum Gasteiger partial charge on any atom is 0.433 e. The molecule has 12 nitrogen and oxygen atoms in total. The summed E-state index contributed by atoms with van der Waals surface area (Å²) < 4.78 is 39.2. The van der Waals surface area contributed by atoms with Crippen molar-refractivity contribution >= 4 is 60.4 Å². The first-order valence-corrected chi connectivity index (χ1v) is 14.7. The fourth-order valence-corrected chi connectivity index (χ4v) is 6.45. The average Bonchev–Trinajstić information content (AvgIpc) is 3.65. The molecule has 2 heterocycles. The fraction of sp³-hybridized carbons (Fsp3) is 0.107. The molecule has 214 valence electrons. The van der Waals surface area contributed by atoms with Crippen molar-refractivity contribution in [3.8, 4) is 5.75 Å². The van der Waals surface area contributed by atoms with Crippen LogP contribution in [0.4, 0.5) is 16.7 Å². The Labute approximate surface area is 244 Å². The van der Waals surface area contributed by atoms with Gasteiger partial charge in [-0.25, -0.2) is 13.4 Å². The quantitative estimate of drug-likeness (QED) is 0.112. The number of benzene rings is 3. The molecule has 42 heavy (non-hydrogen) atoms. The zero-order valence-corrected chi connectivity index (χ0v) is 23.9.